The molecule has 2 aromatic carbocycles. The van der Waals surface area contributed by atoms with E-state index in [0.29, 0.717) is 10.0 Å². The van der Waals surface area contributed by atoms with Gasteiger partial charge in [-0.3, -0.25) is 0 Å². The summed E-state index contributed by atoms with van der Waals surface area (Å²) in [6, 6.07) is 7.15. The van der Waals surface area contributed by atoms with E-state index in [1.165, 1.54) is 6.07 Å². The van der Waals surface area contributed by atoms with E-state index in [1.54, 1.807) is 18.2 Å². The molecule has 0 bridgehead atoms. The molecule has 0 saturated carbocycles. The molecular weight excluding hydrogens is 371 g/mol. The van der Waals surface area contributed by atoms with Crippen LogP contribution in [0.5, 0.6) is 0 Å². The maximum Gasteiger partial charge on any atom is 0.149 e. The standard InChI is InChI=1S/C14H10BrCl2F2N/c1-7(8-2-3-10(16)11(17)4-8)20-14-5-9(15)12(18)6-13(14)19/h2-7,20H,1H3. The summed E-state index contributed by atoms with van der Waals surface area (Å²) in [5.41, 5.74) is 1.05. The van der Waals surface area contributed by atoms with Gasteiger partial charge < -0.3 is 5.32 Å². The van der Waals surface area contributed by atoms with Crippen LogP contribution >= 0.6 is 39.1 Å². The van der Waals surface area contributed by atoms with E-state index >= 15 is 0 Å². The lowest BCUT2D eigenvalue weighted by molar-refractivity contribution is 0.579. The zero-order chi connectivity index (χ0) is 14.9. The van der Waals surface area contributed by atoms with Crippen LogP contribution in [-0.2, 0) is 0 Å². The Morgan fingerprint density at radius 3 is 2.40 bits per heavy atom. The van der Waals surface area contributed by atoms with Crippen molar-refractivity contribution >= 4 is 44.8 Å². The highest BCUT2D eigenvalue weighted by atomic mass is 79.9. The van der Waals surface area contributed by atoms with E-state index in [-0.39, 0.29) is 16.2 Å². The number of nitrogens with one attached hydrogen (secondary N) is 1. The van der Waals surface area contributed by atoms with Crippen LogP contribution in [0, 0.1) is 11.6 Å². The molecule has 20 heavy (non-hydrogen) atoms. The van der Waals surface area contributed by atoms with Gasteiger partial charge in [0.05, 0.1) is 20.2 Å². The molecule has 0 aliphatic carbocycles. The molecule has 1 unspecified atom stereocenters. The first kappa shape index (κ1) is 15.5. The van der Waals surface area contributed by atoms with Crippen LogP contribution < -0.4 is 5.32 Å². The number of hydrogen-bond donors (Lipinski definition) is 1. The van der Waals surface area contributed by atoms with Crippen molar-refractivity contribution < 1.29 is 8.78 Å². The first-order valence-corrected chi connectivity index (χ1v) is 7.29. The molecule has 0 spiro atoms. The van der Waals surface area contributed by atoms with E-state index in [9.17, 15) is 8.78 Å². The maximum absolute atomic E-state index is 13.7. The first-order chi connectivity index (χ1) is 9.38. The molecule has 0 fully saturated rings. The second-order valence-corrected chi connectivity index (χ2v) is 5.95. The monoisotopic (exact) mass is 379 g/mol. The van der Waals surface area contributed by atoms with Crippen molar-refractivity contribution in [3.63, 3.8) is 0 Å². The van der Waals surface area contributed by atoms with Gasteiger partial charge in [0.15, 0.2) is 0 Å². The summed E-state index contributed by atoms with van der Waals surface area (Å²) in [5.74, 6) is -1.30. The van der Waals surface area contributed by atoms with Gasteiger partial charge in [-0.05, 0) is 46.6 Å². The number of anilines is 1. The third-order valence-corrected chi connectivity index (χ3v) is 4.17. The Bertz CT molecular complexity index is 649. The van der Waals surface area contributed by atoms with Crippen molar-refractivity contribution in [3.05, 3.63) is 62.0 Å². The molecule has 2 rings (SSSR count). The van der Waals surface area contributed by atoms with Gasteiger partial charge in [0.25, 0.3) is 0 Å². The minimum absolute atomic E-state index is 0.197. The van der Waals surface area contributed by atoms with Gasteiger partial charge in [0.2, 0.25) is 0 Å². The first-order valence-electron chi connectivity index (χ1n) is 5.74. The third-order valence-electron chi connectivity index (χ3n) is 2.83. The molecule has 0 aromatic heterocycles. The largest absolute Gasteiger partial charge is 0.376 e. The second kappa shape index (κ2) is 6.29. The maximum atomic E-state index is 13.7. The molecule has 6 heteroatoms. The van der Waals surface area contributed by atoms with Crippen LogP contribution in [0.2, 0.25) is 10.0 Å². The zero-order valence-electron chi connectivity index (χ0n) is 10.4. The number of halogens is 5. The number of hydrogen-bond acceptors (Lipinski definition) is 1. The van der Waals surface area contributed by atoms with E-state index in [4.69, 9.17) is 23.2 Å². The molecule has 1 atom stereocenters. The highest BCUT2D eigenvalue weighted by molar-refractivity contribution is 9.10. The van der Waals surface area contributed by atoms with Crippen molar-refractivity contribution in [2.75, 3.05) is 5.32 Å². The summed E-state index contributed by atoms with van der Waals surface area (Å²) >= 11 is 14.8. The fraction of sp³-hybridized carbons (Fsp3) is 0.143. The average Bonchev–Trinajstić information content (AvgIpc) is 2.39. The Morgan fingerprint density at radius 2 is 1.75 bits per heavy atom. The van der Waals surface area contributed by atoms with E-state index in [2.05, 4.69) is 21.2 Å². The van der Waals surface area contributed by atoms with Crippen LogP contribution in [0.3, 0.4) is 0 Å². The molecule has 0 amide bonds. The molecular formula is C14H10BrCl2F2N. The fourth-order valence-corrected chi connectivity index (χ4v) is 2.38. The average molecular weight is 381 g/mol. The van der Waals surface area contributed by atoms with Gasteiger partial charge in [-0.1, -0.05) is 29.3 Å². The summed E-state index contributed by atoms with van der Waals surface area (Å²) < 4.78 is 27.0. The second-order valence-electron chi connectivity index (χ2n) is 4.29. The van der Waals surface area contributed by atoms with Crippen LogP contribution in [-0.4, -0.2) is 0 Å². The van der Waals surface area contributed by atoms with Gasteiger partial charge in [-0.25, -0.2) is 8.78 Å². The number of benzene rings is 2. The lowest BCUT2D eigenvalue weighted by atomic mass is 10.1. The van der Waals surface area contributed by atoms with Gasteiger partial charge in [0.1, 0.15) is 11.6 Å². The molecule has 0 saturated heterocycles. The molecule has 0 aliphatic rings. The predicted octanol–water partition coefficient (Wildman–Crippen LogP) is 6.21. The summed E-state index contributed by atoms with van der Waals surface area (Å²) in [7, 11) is 0. The van der Waals surface area contributed by atoms with Crippen molar-refractivity contribution in [3.8, 4) is 0 Å². The van der Waals surface area contributed by atoms with Gasteiger partial charge in [0, 0.05) is 12.1 Å². The molecule has 0 aliphatic heterocycles. The molecule has 0 radical (unpaired) electrons. The lowest BCUT2D eigenvalue weighted by Crippen LogP contribution is -2.08. The zero-order valence-corrected chi connectivity index (χ0v) is 13.5. The van der Waals surface area contributed by atoms with E-state index in [0.717, 1.165) is 11.6 Å². The highest BCUT2D eigenvalue weighted by Gasteiger charge is 2.12. The summed E-state index contributed by atoms with van der Waals surface area (Å²) in [4.78, 5) is 0. The van der Waals surface area contributed by atoms with E-state index < -0.39 is 11.6 Å². The quantitative estimate of drug-likeness (QED) is 0.624. The third kappa shape index (κ3) is 3.43. The van der Waals surface area contributed by atoms with Crippen LogP contribution in [0.4, 0.5) is 14.5 Å². The Hall–Kier alpha value is -0.840. The number of rotatable bonds is 3. The van der Waals surface area contributed by atoms with Crippen molar-refractivity contribution in [2.45, 2.75) is 13.0 Å². The van der Waals surface area contributed by atoms with Crippen molar-refractivity contribution in [1.29, 1.82) is 0 Å². The molecule has 2 aromatic rings. The molecule has 1 N–H and O–H groups in total. The lowest BCUT2D eigenvalue weighted by Gasteiger charge is -2.17. The molecule has 106 valence electrons. The van der Waals surface area contributed by atoms with Crippen LogP contribution in [0.1, 0.15) is 18.5 Å². The Kier molecular flexibility index (Phi) is 4.89. The van der Waals surface area contributed by atoms with E-state index in [1.807, 2.05) is 6.92 Å². The summed E-state index contributed by atoms with van der Waals surface area (Å²) in [5, 5.41) is 3.85. The van der Waals surface area contributed by atoms with Gasteiger partial charge >= 0.3 is 0 Å². The Balaban J connectivity index is 2.25. The fourth-order valence-electron chi connectivity index (χ4n) is 1.73. The van der Waals surface area contributed by atoms with Gasteiger partial charge in [-0.15, -0.1) is 0 Å². The van der Waals surface area contributed by atoms with Crippen molar-refractivity contribution in [1.82, 2.24) is 0 Å². The van der Waals surface area contributed by atoms with Gasteiger partial charge in [-0.2, -0.15) is 0 Å². The Labute approximate surface area is 134 Å². The topological polar surface area (TPSA) is 12.0 Å². The minimum Gasteiger partial charge on any atom is -0.376 e. The summed E-state index contributed by atoms with van der Waals surface area (Å²) in [6.07, 6.45) is 0. The Morgan fingerprint density at radius 1 is 1.05 bits per heavy atom. The predicted molar refractivity (Wildman–Crippen MR) is 82.6 cm³/mol. The highest BCUT2D eigenvalue weighted by Crippen LogP contribution is 2.29. The smallest absolute Gasteiger partial charge is 0.149 e. The summed E-state index contributed by atoms with van der Waals surface area (Å²) in [6.45, 7) is 1.84. The normalized spacial score (nSPS) is 12.3. The minimum atomic E-state index is -0.655. The SMILES string of the molecule is CC(Nc1cc(Br)c(F)cc1F)c1ccc(Cl)c(Cl)c1. The molecule has 1 nitrogen and oxygen atoms in total. The van der Waals surface area contributed by atoms with Crippen LogP contribution in [0.25, 0.3) is 0 Å². The molecule has 0 heterocycles. The van der Waals surface area contributed by atoms with Crippen LogP contribution in [0.15, 0.2) is 34.8 Å². The van der Waals surface area contributed by atoms with Crippen molar-refractivity contribution in [2.24, 2.45) is 0 Å².